The van der Waals surface area contributed by atoms with Crippen LogP contribution in [0.5, 0.6) is 0 Å². The van der Waals surface area contributed by atoms with Gasteiger partial charge in [-0.05, 0) is 25.2 Å². The molecule has 3 aliphatic heterocycles. The molecule has 0 aromatic heterocycles. The van der Waals surface area contributed by atoms with Gasteiger partial charge in [-0.3, -0.25) is 8.98 Å². The quantitative estimate of drug-likeness (QED) is 0.332. The highest BCUT2D eigenvalue weighted by atomic mass is 32.2. The molecule has 3 heterocycles. The molecule has 0 spiro atoms. The molecule has 1 saturated carbocycles. The Balaban J connectivity index is 1.22. The lowest BCUT2D eigenvalue weighted by Crippen LogP contribution is -2.41. The van der Waals surface area contributed by atoms with Gasteiger partial charge < -0.3 is 14.2 Å². The second-order valence-electron chi connectivity index (χ2n) is 6.97. The Labute approximate surface area is 145 Å². The van der Waals surface area contributed by atoms with Gasteiger partial charge in [-0.1, -0.05) is 6.58 Å². The van der Waals surface area contributed by atoms with Crippen molar-refractivity contribution >= 4 is 21.9 Å². The van der Waals surface area contributed by atoms with Gasteiger partial charge in [0.05, 0.1) is 12.7 Å². The molecule has 25 heavy (non-hydrogen) atoms. The van der Waals surface area contributed by atoms with E-state index in [4.69, 9.17) is 18.4 Å². The maximum atomic E-state index is 12.2. The Morgan fingerprint density at radius 2 is 2.04 bits per heavy atom. The monoisotopic (exact) mass is 372 g/mol. The highest BCUT2D eigenvalue weighted by Crippen LogP contribution is 2.48. The third-order valence-corrected chi connectivity index (χ3v) is 7.14. The first-order valence-electron chi connectivity index (χ1n) is 8.42. The zero-order valence-electron chi connectivity index (χ0n) is 13.5. The molecule has 138 valence electrons. The van der Waals surface area contributed by atoms with Gasteiger partial charge >= 0.3 is 5.97 Å². The maximum absolute atomic E-state index is 12.2. The second-order valence-corrected chi connectivity index (χ2v) is 8.75. The van der Waals surface area contributed by atoms with Crippen LogP contribution in [0.2, 0.25) is 0 Å². The molecule has 4 fully saturated rings. The van der Waals surface area contributed by atoms with E-state index in [1.807, 2.05) is 0 Å². The van der Waals surface area contributed by atoms with Crippen molar-refractivity contribution in [1.82, 2.24) is 0 Å². The number of carbonyl (C=O) groups is 2. The van der Waals surface area contributed by atoms with Crippen LogP contribution >= 0.6 is 0 Å². The Morgan fingerprint density at radius 3 is 2.80 bits per heavy atom. The van der Waals surface area contributed by atoms with Gasteiger partial charge in [-0.15, -0.1) is 0 Å². The number of ether oxygens (including phenoxy) is 3. The lowest BCUT2D eigenvalue weighted by molar-refractivity contribution is -0.137. The average Bonchev–Trinajstić information content (AvgIpc) is 3.02. The van der Waals surface area contributed by atoms with Crippen LogP contribution in [0.15, 0.2) is 12.7 Å². The number of hydrogen-bond acceptors (Lipinski definition) is 8. The molecule has 0 amide bonds. The lowest BCUT2D eigenvalue weighted by Gasteiger charge is -2.21. The molecular formula is C16H20O8S. The predicted octanol–water partition coefficient (Wildman–Crippen LogP) is -0.0356. The summed E-state index contributed by atoms with van der Waals surface area (Å²) in [5, 5.41) is -0.593. The fraction of sp³-hybridized carbons (Fsp3) is 0.750. The molecule has 4 aliphatic rings. The van der Waals surface area contributed by atoms with Gasteiger partial charge in [0.1, 0.15) is 30.2 Å². The second kappa shape index (κ2) is 6.15. The van der Waals surface area contributed by atoms with E-state index < -0.39 is 39.6 Å². The van der Waals surface area contributed by atoms with E-state index in [1.165, 1.54) is 0 Å². The minimum Gasteiger partial charge on any atom is -0.463 e. The number of esters is 1. The van der Waals surface area contributed by atoms with Crippen LogP contribution in [-0.4, -0.2) is 63.0 Å². The van der Waals surface area contributed by atoms with E-state index in [9.17, 15) is 18.0 Å². The number of ketones is 1. The van der Waals surface area contributed by atoms with Gasteiger partial charge in [0, 0.05) is 12.0 Å². The minimum atomic E-state index is -3.57. The Hall–Kier alpha value is -1.29. The molecule has 8 nitrogen and oxygen atoms in total. The van der Waals surface area contributed by atoms with Gasteiger partial charge in [-0.2, -0.15) is 8.42 Å². The lowest BCUT2D eigenvalue weighted by atomic mass is 9.94. The number of Topliss-reactive ketones (excluding diaryl/α,β-unsaturated/α-hetero) is 1. The van der Waals surface area contributed by atoms with E-state index in [-0.39, 0.29) is 36.9 Å². The topological polar surface area (TPSA) is 105 Å². The fourth-order valence-electron chi connectivity index (χ4n) is 4.04. The summed E-state index contributed by atoms with van der Waals surface area (Å²) < 4.78 is 45.0. The van der Waals surface area contributed by atoms with Gasteiger partial charge in [0.2, 0.25) is 0 Å². The highest BCUT2D eigenvalue weighted by Gasteiger charge is 2.66. The molecule has 7 unspecified atom stereocenters. The van der Waals surface area contributed by atoms with E-state index in [1.54, 1.807) is 0 Å². The third kappa shape index (κ3) is 3.03. The van der Waals surface area contributed by atoms with Crippen molar-refractivity contribution in [1.29, 1.82) is 0 Å². The number of hydrogen-bond donors (Lipinski definition) is 0. The largest absolute Gasteiger partial charge is 0.463 e. The van der Waals surface area contributed by atoms with Crippen LogP contribution in [0.3, 0.4) is 0 Å². The standard InChI is InChI=1S/C16H20O8S/c1-2-13(18)21-4-3-8-5-9(8)10(17)7-22-14-11-6-12-15(23-11)16(14)24-25(12,19)20/h2,8-9,11-12,14-16H,1,3-7H2. The summed E-state index contributed by atoms with van der Waals surface area (Å²) in [6.07, 6.45) is 0.945. The normalized spacial score (nSPS) is 42.3. The van der Waals surface area contributed by atoms with Crippen molar-refractivity contribution in [3.63, 3.8) is 0 Å². The summed E-state index contributed by atoms with van der Waals surface area (Å²) in [6.45, 7) is 3.52. The molecule has 0 radical (unpaired) electrons. The minimum absolute atomic E-state index is 0.0137. The summed E-state index contributed by atoms with van der Waals surface area (Å²) in [6, 6.07) is 0. The summed E-state index contributed by atoms with van der Waals surface area (Å²) in [5.41, 5.74) is 0. The molecule has 0 aromatic carbocycles. The number of carbonyl (C=O) groups excluding carboxylic acids is 2. The molecule has 2 bridgehead atoms. The third-order valence-electron chi connectivity index (χ3n) is 5.45. The Bertz CT molecular complexity index is 701. The molecule has 3 saturated heterocycles. The van der Waals surface area contributed by atoms with Crippen molar-refractivity contribution in [2.45, 2.75) is 48.9 Å². The van der Waals surface area contributed by atoms with Crippen molar-refractivity contribution < 1.29 is 36.4 Å². The molecular weight excluding hydrogens is 352 g/mol. The SMILES string of the molecule is C=CC(=O)OCCC1CC1C(=O)COC1C2CC3C(O2)C1OS3(=O)=O. The van der Waals surface area contributed by atoms with Gasteiger partial charge in [0.25, 0.3) is 10.1 Å². The summed E-state index contributed by atoms with van der Waals surface area (Å²) >= 11 is 0. The van der Waals surface area contributed by atoms with Crippen LogP contribution in [0.4, 0.5) is 0 Å². The molecule has 0 aromatic rings. The predicted molar refractivity (Wildman–Crippen MR) is 83.0 cm³/mol. The van der Waals surface area contributed by atoms with Crippen LogP contribution in [0.25, 0.3) is 0 Å². The molecule has 1 aliphatic carbocycles. The smallest absolute Gasteiger partial charge is 0.330 e. The van der Waals surface area contributed by atoms with Crippen molar-refractivity contribution in [2.75, 3.05) is 13.2 Å². The van der Waals surface area contributed by atoms with E-state index in [0.717, 1.165) is 12.5 Å². The van der Waals surface area contributed by atoms with E-state index in [0.29, 0.717) is 12.8 Å². The van der Waals surface area contributed by atoms with Crippen LogP contribution in [0.1, 0.15) is 19.3 Å². The summed E-state index contributed by atoms with van der Waals surface area (Å²) in [5.74, 6) is -0.353. The summed E-state index contributed by atoms with van der Waals surface area (Å²) in [7, 11) is -3.57. The highest BCUT2D eigenvalue weighted by molar-refractivity contribution is 7.87. The zero-order valence-corrected chi connectivity index (χ0v) is 14.4. The summed E-state index contributed by atoms with van der Waals surface area (Å²) in [4.78, 5) is 23.2. The first kappa shape index (κ1) is 17.1. The van der Waals surface area contributed by atoms with Crippen molar-refractivity contribution in [3.05, 3.63) is 12.7 Å². The van der Waals surface area contributed by atoms with Gasteiger partial charge in [-0.25, -0.2) is 4.79 Å². The van der Waals surface area contributed by atoms with Crippen LogP contribution in [0, 0.1) is 11.8 Å². The van der Waals surface area contributed by atoms with Crippen LogP contribution < -0.4 is 0 Å². The van der Waals surface area contributed by atoms with Crippen molar-refractivity contribution in [3.8, 4) is 0 Å². The molecule has 4 rings (SSSR count). The molecule has 9 heteroatoms. The fourth-order valence-corrected chi connectivity index (χ4v) is 5.69. The Morgan fingerprint density at radius 1 is 1.24 bits per heavy atom. The maximum Gasteiger partial charge on any atom is 0.330 e. The first-order valence-corrected chi connectivity index (χ1v) is 9.89. The zero-order chi connectivity index (χ0) is 17.8. The average molecular weight is 372 g/mol. The van der Waals surface area contributed by atoms with Crippen molar-refractivity contribution in [2.24, 2.45) is 11.8 Å². The van der Waals surface area contributed by atoms with Crippen LogP contribution in [-0.2, 0) is 38.1 Å². The number of rotatable bonds is 8. The number of fused-ring (bicyclic) bond motifs is 1. The molecule has 7 atom stereocenters. The molecule has 0 N–H and O–H groups in total. The Kier molecular flexibility index (Phi) is 4.22. The first-order chi connectivity index (χ1) is 11.9. The van der Waals surface area contributed by atoms with E-state index >= 15 is 0 Å². The van der Waals surface area contributed by atoms with Gasteiger partial charge in [0.15, 0.2) is 5.78 Å². The van der Waals surface area contributed by atoms with E-state index in [2.05, 4.69) is 6.58 Å².